The molecule has 110 valence electrons. The van der Waals surface area contributed by atoms with Crippen LogP contribution >= 0.6 is 0 Å². The molecular weight excluding hydrogens is 264 g/mol. The van der Waals surface area contributed by atoms with E-state index in [1.165, 1.54) is 0 Å². The summed E-state index contributed by atoms with van der Waals surface area (Å²) < 4.78 is 5.85. The van der Waals surface area contributed by atoms with Gasteiger partial charge in [-0.05, 0) is 43.0 Å². The summed E-state index contributed by atoms with van der Waals surface area (Å²) in [6.45, 7) is 6.12. The Labute approximate surface area is 125 Å². The zero-order valence-corrected chi connectivity index (χ0v) is 12.6. The van der Waals surface area contributed by atoms with Gasteiger partial charge in [0.05, 0.1) is 0 Å². The van der Waals surface area contributed by atoms with Crippen LogP contribution in [0.1, 0.15) is 28.2 Å². The normalized spacial score (nSPS) is 12.0. The first-order chi connectivity index (χ1) is 10.0. The molecule has 3 heteroatoms. The van der Waals surface area contributed by atoms with Crippen molar-refractivity contribution in [2.45, 2.75) is 26.7 Å². The van der Waals surface area contributed by atoms with Gasteiger partial charge in [-0.15, -0.1) is 0 Å². The Hall–Kier alpha value is -2.29. The number of hydrogen-bond donors (Lipinski definition) is 1. The van der Waals surface area contributed by atoms with Gasteiger partial charge in [0.1, 0.15) is 18.3 Å². The van der Waals surface area contributed by atoms with Crippen LogP contribution in [0.3, 0.4) is 0 Å². The van der Waals surface area contributed by atoms with Crippen molar-refractivity contribution in [2.24, 2.45) is 0 Å². The van der Waals surface area contributed by atoms with E-state index in [4.69, 9.17) is 4.74 Å². The number of carbonyl (C=O) groups is 1. The Morgan fingerprint density at radius 3 is 2.29 bits per heavy atom. The third kappa shape index (κ3) is 3.43. The molecule has 2 aromatic rings. The highest BCUT2D eigenvalue weighted by atomic mass is 16.5. The summed E-state index contributed by atoms with van der Waals surface area (Å²) >= 11 is 0. The van der Waals surface area contributed by atoms with Gasteiger partial charge >= 0.3 is 5.97 Å². The van der Waals surface area contributed by atoms with Crippen molar-refractivity contribution in [3.8, 4) is 5.75 Å². The third-order valence-corrected chi connectivity index (χ3v) is 3.77. The van der Waals surface area contributed by atoms with E-state index in [2.05, 4.69) is 0 Å². The number of aliphatic carboxylic acids is 1. The second-order valence-electron chi connectivity index (χ2n) is 5.27. The highest BCUT2D eigenvalue weighted by Crippen LogP contribution is 2.27. The maximum atomic E-state index is 11.5. The Morgan fingerprint density at radius 2 is 1.67 bits per heavy atom. The van der Waals surface area contributed by atoms with Gasteiger partial charge in [-0.3, -0.25) is 4.79 Å². The van der Waals surface area contributed by atoms with E-state index in [0.29, 0.717) is 0 Å². The van der Waals surface area contributed by atoms with E-state index in [0.717, 1.165) is 28.0 Å². The van der Waals surface area contributed by atoms with Crippen LogP contribution in [0.5, 0.6) is 5.75 Å². The van der Waals surface area contributed by atoms with Crippen molar-refractivity contribution in [3.63, 3.8) is 0 Å². The molecule has 1 atom stereocenters. The molecule has 21 heavy (non-hydrogen) atoms. The lowest BCUT2D eigenvalue weighted by atomic mass is 10.00. The van der Waals surface area contributed by atoms with E-state index in [-0.39, 0.29) is 6.61 Å². The molecule has 3 nitrogen and oxygen atoms in total. The number of ether oxygens (including phenoxy) is 1. The van der Waals surface area contributed by atoms with E-state index in [9.17, 15) is 9.90 Å². The molecule has 0 fully saturated rings. The molecule has 0 radical (unpaired) electrons. The largest absolute Gasteiger partial charge is 0.492 e. The SMILES string of the molecule is Cc1ccc(C)c(OCC(C(=O)O)c2ccccc2)c1C. The number of carboxylic acid groups (broad SMARTS) is 1. The number of hydrogen-bond acceptors (Lipinski definition) is 2. The van der Waals surface area contributed by atoms with E-state index in [1.807, 2.05) is 63.2 Å². The first kappa shape index (κ1) is 15.1. The predicted molar refractivity (Wildman–Crippen MR) is 83.0 cm³/mol. The lowest BCUT2D eigenvalue weighted by Gasteiger charge is -2.18. The minimum absolute atomic E-state index is 0.129. The summed E-state index contributed by atoms with van der Waals surface area (Å²) in [6, 6.07) is 13.2. The van der Waals surface area contributed by atoms with Crippen LogP contribution in [0.15, 0.2) is 42.5 Å². The quantitative estimate of drug-likeness (QED) is 0.907. The van der Waals surface area contributed by atoms with Crippen LogP contribution in [0.25, 0.3) is 0 Å². The summed E-state index contributed by atoms with van der Waals surface area (Å²) in [5.41, 5.74) is 3.98. The maximum Gasteiger partial charge on any atom is 0.314 e. The Bertz CT molecular complexity index is 632. The van der Waals surface area contributed by atoms with Crippen LogP contribution in [0.4, 0.5) is 0 Å². The maximum absolute atomic E-state index is 11.5. The molecule has 0 spiro atoms. The van der Waals surface area contributed by atoms with Gasteiger partial charge in [0.15, 0.2) is 0 Å². The minimum Gasteiger partial charge on any atom is -0.492 e. The van der Waals surface area contributed by atoms with Gasteiger partial charge in [-0.25, -0.2) is 0 Å². The first-order valence-corrected chi connectivity index (χ1v) is 6.98. The highest BCUT2D eigenvalue weighted by molar-refractivity contribution is 5.76. The zero-order chi connectivity index (χ0) is 15.4. The molecule has 0 bridgehead atoms. The second-order valence-corrected chi connectivity index (χ2v) is 5.27. The molecule has 0 aliphatic carbocycles. The first-order valence-electron chi connectivity index (χ1n) is 6.98. The summed E-state index contributed by atoms with van der Waals surface area (Å²) in [4.78, 5) is 11.5. The zero-order valence-electron chi connectivity index (χ0n) is 12.6. The van der Waals surface area contributed by atoms with Crippen LogP contribution in [0.2, 0.25) is 0 Å². The molecule has 2 rings (SSSR count). The summed E-state index contributed by atoms with van der Waals surface area (Å²) in [6.07, 6.45) is 0. The Kier molecular flexibility index (Phi) is 4.63. The van der Waals surface area contributed by atoms with Crippen molar-refractivity contribution >= 4 is 5.97 Å². The molecule has 0 aromatic heterocycles. The van der Waals surface area contributed by atoms with Gasteiger partial charge in [-0.1, -0.05) is 42.5 Å². The molecule has 1 unspecified atom stereocenters. The predicted octanol–water partition coefficient (Wildman–Crippen LogP) is 3.86. The summed E-state index contributed by atoms with van der Waals surface area (Å²) in [5, 5.41) is 9.42. The topological polar surface area (TPSA) is 46.5 Å². The number of carboxylic acids is 1. The van der Waals surface area contributed by atoms with Crippen molar-refractivity contribution in [3.05, 3.63) is 64.7 Å². The lowest BCUT2D eigenvalue weighted by Crippen LogP contribution is -2.20. The van der Waals surface area contributed by atoms with E-state index in [1.54, 1.807) is 0 Å². The van der Waals surface area contributed by atoms with Gasteiger partial charge in [-0.2, -0.15) is 0 Å². The minimum atomic E-state index is -0.871. The molecule has 2 aromatic carbocycles. The number of benzene rings is 2. The van der Waals surface area contributed by atoms with Gasteiger partial charge in [0.25, 0.3) is 0 Å². The Morgan fingerprint density at radius 1 is 1.05 bits per heavy atom. The summed E-state index contributed by atoms with van der Waals surface area (Å²) in [5.74, 6) is -0.744. The highest BCUT2D eigenvalue weighted by Gasteiger charge is 2.21. The fourth-order valence-electron chi connectivity index (χ4n) is 2.31. The van der Waals surface area contributed by atoms with E-state index >= 15 is 0 Å². The molecule has 0 saturated heterocycles. The number of aryl methyl sites for hydroxylation is 2. The van der Waals surface area contributed by atoms with Crippen molar-refractivity contribution in [1.82, 2.24) is 0 Å². The van der Waals surface area contributed by atoms with Crippen molar-refractivity contribution < 1.29 is 14.6 Å². The molecule has 0 amide bonds. The fourth-order valence-corrected chi connectivity index (χ4v) is 2.31. The number of rotatable bonds is 5. The fraction of sp³-hybridized carbons (Fsp3) is 0.278. The molecule has 0 aliphatic rings. The second kappa shape index (κ2) is 6.44. The average Bonchev–Trinajstić information content (AvgIpc) is 2.47. The van der Waals surface area contributed by atoms with Gasteiger partial charge < -0.3 is 9.84 Å². The molecular formula is C18H20O3. The van der Waals surface area contributed by atoms with E-state index < -0.39 is 11.9 Å². The van der Waals surface area contributed by atoms with Crippen molar-refractivity contribution in [1.29, 1.82) is 0 Å². The third-order valence-electron chi connectivity index (χ3n) is 3.77. The molecule has 1 N–H and O–H groups in total. The smallest absolute Gasteiger partial charge is 0.314 e. The monoisotopic (exact) mass is 284 g/mol. The van der Waals surface area contributed by atoms with Crippen LogP contribution in [0, 0.1) is 20.8 Å². The van der Waals surface area contributed by atoms with Gasteiger partial charge in [0, 0.05) is 0 Å². The molecule has 0 heterocycles. The van der Waals surface area contributed by atoms with Crippen LogP contribution in [-0.2, 0) is 4.79 Å². The average molecular weight is 284 g/mol. The van der Waals surface area contributed by atoms with Crippen molar-refractivity contribution in [2.75, 3.05) is 6.61 Å². The standard InChI is InChI=1S/C18H20O3/c1-12-9-10-13(2)17(14(12)3)21-11-16(18(19)20)15-7-5-4-6-8-15/h4-10,16H,11H2,1-3H3,(H,19,20). The molecule has 0 aliphatic heterocycles. The van der Waals surface area contributed by atoms with Crippen LogP contribution in [-0.4, -0.2) is 17.7 Å². The molecule has 0 saturated carbocycles. The lowest BCUT2D eigenvalue weighted by molar-refractivity contribution is -0.139. The Balaban J connectivity index is 2.21. The van der Waals surface area contributed by atoms with Gasteiger partial charge in [0.2, 0.25) is 0 Å². The summed E-state index contributed by atoms with van der Waals surface area (Å²) in [7, 11) is 0. The van der Waals surface area contributed by atoms with Crippen LogP contribution < -0.4 is 4.74 Å².